The number of benzene rings is 2. The molecule has 0 bridgehead atoms. The summed E-state index contributed by atoms with van der Waals surface area (Å²) in [6.07, 6.45) is -0.923. The van der Waals surface area contributed by atoms with Gasteiger partial charge < -0.3 is 30.6 Å². The minimum Gasteiger partial charge on any atom is -0.438 e. The lowest BCUT2D eigenvalue weighted by Gasteiger charge is -2.28. The molecule has 1 unspecified atom stereocenters. The van der Waals surface area contributed by atoms with Crippen LogP contribution in [-0.4, -0.2) is 69.1 Å². The molecule has 1 amide bonds. The molecule has 3 atom stereocenters. The van der Waals surface area contributed by atoms with Gasteiger partial charge in [-0.1, -0.05) is 60.7 Å². The first-order chi connectivity index (χ1) is 15.9. The zero-order chi connectivity index (χ0) is 24.1. The SMILES string of the molecule is COC[C@H](N)CN(Cc1ccccc1)C(=O)C(=O)OC(NCc1ccccc1)[C@@H](N)COC. The van der Waals surface area contributed by atoms with Gasteiger partial charge in [-0.3, -0.25) is 10.1 Å². The van der Waals surface area contributed by atoms with E-state index in [2.05, 4.69) is 5.32 Å². The highest BCUT2D eigenvalue weighted by Crippen LogP contribution is 2.08. The Balaban J connectivity index is 2.10. The number of carbonyl (C=O) groups excluding carboxylic acids is 2. The van der Waals surface area contributed by atoms with Crippen molar-refractivity contribution in [2.45, 2.75) is 31.4 Å². The summed E-state index contributed by atoms with van der Waals surface area (Å²) in [7, 11) is 3.03. The summed E-state index contributed by atoms with van der Waals surface area (Å²) in [4.78, 5) is 27.2. The van der Waals surface area contributed by atoms with Gasteiger partial charge in [0.15, 0.2) is 6.23 Å². The van der Waals surface area contributed by atoms with E-state index in [9.17, 15) is 9.59 Å². The van der Waals surface area contributed by atoms with Crippen LogP contribution in [0.25, 0.3) is 0 Å². The number of methoxy groups -OCH3 is 2. The van der Waals surface area contributed by atoms with E-state index < -0.39 is 30.2 Å². The van der Waals surface area contributed by atoms with Crippen LogP contribution in [0.1, 0.15) is 11.1 Å². The summed E-state index contributed by atoms with van der Waals surface area (Å²) in [5, 5.41) is 3.09. The minimum absolute atomic E-state index is 0.128. The van der Waals surface area contributed by atoms with Crippen LogP contribution in [0.4, 0.5) is 0 Å². The third-order valence-corrected chi connectivity index (χ3v) is 4.85. The van der Waals surface area contributed by atoms with E-state index >= 15 is 0 Å². The average Bonchev–Trinajstić information content (AvgIpc) is 2.82. The van der Waals surface area contributed by atoms with E-state index in [1.807, 2.05) is 60.7 Å². The molecule has 2 rings (SSSR count). The molecule has 0 spiro atoms. The monoisotopic (exact) mass is 458 g/mol. The van der Waals surface area contributed by atoms with Crippen LogP contribution in [0.3, 0.4) is 0 Å². The molecule has 33 heavy (non-hydrogen) atoms. The molecule has 2 aromatic carbocycles. The summed E-state index contributed by atoms with van der Waals surface area (Å²) in [5.74, 6) is -1.82. The van der Waals surface area contributed by atoms with Crippen LogP contribution in [0.5, 0.6) is 0 Å². The fourth-order valence-corrected chi connectivity index (χ4v) is 3.24. The number of hydrogen-bond acceptors (Lipinski definition) is 8. The Bertz CT molecular complexity index is 837. The molecule has 0 aliphatic carbocycles. The number of carbonyl (C=O) groups is 2. The van der Waals surface area contributed by atoms with Crippen molar-refractivity contribution < 1.29 is 23.8 Å². The zero-order valence-corrected chi connectivity index (χ0v) is 19.2. The molecule has 0 saturated heterocycles. The summed E-state index contributed by atoms with van der Waals surface area (Å²) in [6, 6.07) is 17.8. The van der Waals surface area contributed by atoms with Crippen LogP contribution in [0, 0.1) is 0 Å². The number of rotatable bonds is 13. The maximum atomic E-state index is 13.0. The highest BCUT2D eigenvalue weighted by Gasteiger charge is 2.30. The molecule has 0 aromatic heterocycles. The summed E-state index contributed by atoms with van der Waals surface area (Å²) < 4.78 is 15.7. The first-order valence-corrected chi connectivity index (χ1v) is 10.7. The van der Waals surface area contributed by atoms with Crippen LogP contribution < -0.4 is 16.8 Å². The number of hydrogen-bond donors (Lipinski definition) is 3. The largest absolute Gasteiger partial charge is 0.438 e. The number of amides is 1. The van der Waals surface area contributed by atoms with Crippen LogP contribution in [0.2, 0.25) is 0 Å². The number of ether oxygens (including phenoxy) is 3. The average molecular weight is 459 g/mol. The Morgan fingerprint density at radius 1 is 0.909 bits per heavy atom. The Kier molecular flexibility index (Phi) is 11.5. The van der Waals surface area contributed by atoms with Gasteiger partial charge in [-0.15, -0.1) is 0 Å². The lowest BCUT2D eigenvalue weighted by Crippen LogP contribution is -2.52. The molecule has 9 heteroatoms. The molecular formula is C24H34N4O5. The van der Waals surface area contributed by atoms with E-state index in [1.54, 1.807) is 0 Å². The fraction of sp³-hybridized carbons (Fsp3) is 0.417. The van der Waals surface area contributed by atoms with E-state index in [4.69, 9.17) is 25.7 Å². The molecule has 2 aromatic rings. The van der Waals surface area contributed by atoms with Gasteiger partial charge in [-0.05, 0) is 11.1 Å². The number of nitrogens with two attached hydrogens (primary N) is 2. The van der Waals surface area contributed by atoms with Gasteiger partial charge in [0.1, 0.15) is 0 Å². The zero-order valence-electron chi connectivity index (χ0n) is 19.2. The Labute approximate surface area is 195 Å². The molecule has 0 radical (unpaired) electrons. The predicted octanol–water partition coefficient (Wildman–Crippen LogP) is 0.622. The van der Waals surface area contributed by atoms with Gasteiger partial charge in [0.25, 0.3) is 0 Å². The second kappa shape index (κ2) is 14.4. The predicted molar refractivity (Wildman–Crippen MR) is 125 cm³/mol. The second-order valence-electron chi connectivity index (χ2n) is 7.70. The Hall–Kier alpha value is -2.82. The van der Waals surface area contributed by atoms with Crippen molar-refractivity contribution >= 4 is 11.9 Å². The smallest absolute Gasteiger partial charge is 0.398 e. The lowest BCUT2D eigenvalue weighted by atomic mass is 10.2. The molecule has 0 saturated carbocycles. The molecule has 5 N–H and O–H groups in total. The fourth-order valence-electron chi connectivity index (χ4n) is 3.24. The maximum absolute atomic E-state index is 13.0. The number of nitrogens with zero attached hydrogens (tertiary/aromatic N) is 1. The van der Waals surface area contributed by atoms with Gasteiger partial charge in [0.2, 0.25) is 0 Å². The topological polar surface area (TPSA) is 129 Å². The molecule has 180 valence electrons. The summed E-state index contributed by atoms with van der Waals surface area (Å²) >= 11 is 0. The van der Waals surface area contributed by atoms with Gasteiger partial charge in [0.05, 0.1) is 19.3 Å². The van der Waals surface area contributed by atoms with E-state index in [-0.39, 0.29) is 26.3 Å². The van der Waals surface area contributed by atoms with Crippen molar-refractivity contribution in [1.82, 2.24) is 10.2 Å². The maximum Gasteiger partial charge on any atom is 0.398 e. The molecule has 0 aliphatic rings. The van der Waals surface area contributed by atoms with Crippen molar-refractivity contribution in [3.63, 3.8) is 0 Å². The van der Waals surface area contributed by atoms with Crippen LogP contribution >= 0.6 is 0 Å². The highest BCUT2D eigenvalue weighted by atomic mass is 16.6. The summed E-state index contributed by atoms with van der Waals surface area (Å²) in [5.41, 5.74) is 14.0. The Morgan fingerprint density at radius 2 is 1.48 bits per heavy atom. The van der Waals surface area contributed by atoms with Crippen molar-refractivity contribution in [2.75, 3.05) is 34.0 Å². The van der Waals surface area contributed by atoms with Crippen LogP contribution in [0.15, 0.2) is 60.7 Å². The molecule has 9 nitrogen and oxygen atoms in total. The van der Waals surface area contributed by atoms with Crippen molar-refractivity contribution in [3.05, 3.63) is 71.8 Å². The van der Waals surface area contributed by atoms with E-state index in [0.29, 0.717) is 6.54 Å². The van der Waals surface area contributed by atoms with Gasteiger partial charge in [-0.25, -0.2) is 4.79 Å². The third-order valence-electron chi connectivity index (χ3n) is 4.85. The van der Waals surface area contributed by atoms with Gasteiger partial charge in [-0.2, -0.15) is 0 Å². The van der Waals surface area contributed by atoms with Gasteiger partial charge >= 0.3 is 11.9 Å². The normalized spacial score (nSPS) is 13.7. The first kappa shape index (κ1) is 26.4. The molecule has 0 fully saturated rings. The molecule has 0 heterocycles. The first-order valence-electron chi connectivity index (χ1n) is 10.7. The van der Waals surface area contributed by atoms with Crippen molar-refractivity contribution in [2.24, 2.45) is 11.5 Å². The number of nitrogens with one attached hydrogen (secondary N) is 1. The lowest BCUT2D eigenvalue weighted by molar-refractivity contribution is -0.167. The third kappa shape index (κ3) is 9.29. The van der Waals surface area contributed by atoms with Crippen molar-refractivity contribution in [1.29, 1.82) is 0 Å². The standard InChI is InChI=1S/C24H34N4O5/c1-31-16-20(25)15-28(14-19-11-7-4-8-12-19)23(29)24(30)33-22(21(26)17-32-2)27-13-18-9-5-3-6-10-18/h3-12,20-22,27H,13-17,25-26H2,1-2H3/t20-,21+,22?/m1/s1. The number of esters is 1. The van der Waals surface area contributed by atoms with E-state index in [1.165, 1.54) is 19.1 Å². The molecular weight excluding hydrogens is 424 g/mol. The molecule has 0 aliphatic heterocycles. The highest BCUT2D eigenvalue weighted by molar-refractivity contribution is 6.32. The van der Waals surface area contributed by atoms with Gasteiger partial charge in [0, 0.05) is 39.9 Å². The minimum atomic E-state index is -1.02. The van der Waals surface area contributed by atoms with Crippen molar-refractivity contribution in [3.8, 4) is 0 Å². The van der Waals surface area contributed by atoms with E-state index in [0.717, 1.165) is 11.1 Å². The van der Waals surface area contributed by atoms with Crippen LogP contribution in [-0.2, 0) is 36.9 Å². The second-order valence-corrected chi connectivity index (χ2v) is 7.70. The summed E-state index contributed by atoms with van der Waals surface area (Å²) in [6.45, 7) is 1.12. The quantitative estimate of drug-likeness (QED) is 0.226. The Morgan fingerprint density at radius 3 is 2.06 bits per heavy atom.